The Morgan fingerprint density at radius 1 is 1.03 bits per heavy atom. The largest absolute Gasteiger partial charge is 0.493 e. The fourth-order valence-electron chi connectivity index (χ4n) is 4.92. The van der Waals surface area contributed by atoms with Crippen LogP contribution in [-0.2, 0) is 13.1 Å². The molecular weight excluding hydrogens is 442 g/mol. The Kier molecular flexibility index (Phi) is 7.18. The monoisotopic (exact) mass is 477 g/mol. The topological polar surface area (TPSA) is 85.4 Å². The minimum absolute atomic E-state index is 0.0813. The van der Waals surface area contributed by atoms with E-state index in [0.29, 0.717) is 23.2 Å². The van der Waals surface area contributed by atoms with Gasteiger partial charge in [0.1, 0.15) is 11.7 Å². The number of methoxy groups -OCH3 is 3. The molecule has 0 aliphatic carbocycles. The summed E-state index contributed by atoms with van der Waals surface area (Å²) in [4.78, 5) is 11.2. The third-order valence-electron chi connectivity index (χ3n) is 6.58. The number of nitriles is 1. The van der Waals surface area contributed by atoms with Crippen LogP contribution in [0, 0.1) is 16.7 Å². The molecule has 2 aromatic heterocycles. The van der Waals surface area contributed by atoms with Gasteiger partial charge < -0.3 is 18.8 Å². The molecule has 1 fully saturated rings. The molecule has 3 heterocycles. The molecule has 0 bridgehead atoms. The van der Waals surface area contributed by atoms with E-state index in [9.17, 15) is 5.26 Å². The minimum Gasteiger partial charge on any atom is -0.493 e. The number of nitrogens with zero attached hydrogens (tertiary/aromatic N) is 5. The first-order chi connectivity index (χ1) is 16.8. The van der Waals surface area contributed by atoms with Crippen LogP contribution in [0.1, 0.15) is 56.6 Å². The van der Waals surface area contributed by atoms with Gasteiger partial charge in [-0.25, -0.2) is 9.97 Å². The smallest absolute Gasteiger partial charge is 0.234 e. The van der Waals surface area contributed by atoms with E-state index in [1.807, 2.05) is 0 Å². The fraction of sp³-hybridized carbons (Fsp3) is 0.519. The first kappa shape index (κ1) is 24.8. The maximum Gasteiger partial charge on any atom is 0.234 e. The molecule has 0 unspecified atom stereocenters. The molecule has 35 heavy (non-hydrogen) atoms. The van der Waals surface area contributed by atoms with Crippen molar-refractivity contribution in [1.82, 2.24) is 19.4 Å². The lowest BCUT2D eigenvalue weighted by molar-refractivity contribution is 0.198. The average Bonchev–Trinajstić information content (AvgIpc) is 3.17. The first-order valence-corrected chi connectivity index (χ1v) is 12.0. The minimum atomic E-state index is 0.0813. The van der Waals surface area contributed by atoms with Gasteiger partial charge in [0.25, 0.3) is 0 Å². The second kappa shape index (κ2) is 10.1. The van der Waals surface area contributed by atoms with Crippen LogP contribution in [0.15, 0.2) is 24.4 Å². The van der Waals surface area contributed by atoms with Gasteiger partial charge in [-0.1, -0.05) is 20.8 Å². The van der Waals surface area contributed by atoms with E-state index in [1.54, 1.807) is 27.5 Å². The van der Waals surface area contributed by atoms with Gasteiger partial charge in [0.05, 0.1) is 21.3 Å². The molecule has 0 N–H and O–H groups in total. The third-order valence-corrected chi connectivity index (χ3v) is 6.58. The zero-order valence-corrected chi connectivity index (χ0v) is 21.6. The Hall–Kier alpha value is -3.31. The predicted octanol–water partition coefficient (Wildman–Crippen LogP) is 4.75. The van der Waals surface area contributed by atoms with Crippen molar-refractivity contribution in [3.05, 3.63) is 41.5 Å². The van der Waals surface area contributed by atoms with Crippen molar-refractivity contribution < 1.29 is 14.2 Å². The molecule has 0 spiro atoms. The number of aromatic nitrogens is 3. The fourth-order valence-corrected chi connectivity index (χ4v) is 4.92. The van der Waals surface area contributed by atoms with Crippen molar-refractivity contribution in [2.75, 3.05) is 34.4 Å². The maximum absolute atomic E-state index is 9.29. The number of ether oxygens (including phenoxy) is 3. The van der Waals surface area contributed by atoms with E-state index in [2.05, 4.69) is 64.5 Å². The highest BCUT2D eigenvalue weighted by molar-refractivity contribution is 5.77. The Morgan fingerprint density at radius 2 is 1.69 bits per heavy atom. The van der Waals surface area contributed by atoms with Gasteiger partial charge in [0.15, 0.2) is 11.5 Å². The molecule has 1 saturated heterocycles. The zero-order chi connectivity index (χ0) is 25.2. The van der Waals surface area contributed by atoms with Crippen molar-refractivity contribution in [2.24, 2.45) is 5.41 Å². The summed E-state index contributed by atoms with van der Waals surface area (Å²) in [6, 6.07) is 8.40. The Morgan fingerprint density at radius 3 is 2.23 bits per heavy atom. The molecule has 0 radical (unpaired) electrons. The normalized spacial score (nSPS) is 15.2. The molecule has 8 nitrogen and oxygen atoms in total. The molecule has 3 aromatic rings. The number of benzene rings is 1. The van der Waals surface area contributed by atoms with Crippen LogP contribution < -0.4 is 14.2 Å². The summed E-state index contributed by atoms with van der Waals surface area (Å²) < 4.78 is 18.9. The summed E-state index contributed by atoms with van der Waals surface area (Å²) in [6.45, 7) is 10.3. The summed E-state index contributed by atoms with van der Waals surface area (Å²) in [5, 5.41) is 10.3. The van der Waals surface area contributed by atoms with Crippen LogP contribution in [0.2, 0.25) is 0 Å². The quantitative estimate of drug-likeness (QED) is 0.485. The van der Waals surface area contributed by atoms with Crippen molar-refractivity contribution in [2.45, 2.75) is 52.6 Å². The molecule has 4 rings (SSSR count). The Labute approximate surface area is 207 Å². The summed E-state index contributed by atoms with van der Waals surface area (Å²) in [6.07, 6.45) is 3.87. The number of hydrogen-bond acceptors (Lipinski definition) is 7. The van der Waals surface area contributed by atoms with Crippen LogP contribution in [0.3, 0.4) is 0 Å². The van der Waals surface area contributed by atoms with Gasteiger partial charge in [0, 0.05) is 30.4 Å². The number of hydrogen-bond donors (Lipinski definition) is 0. The predicted molar refractivity (Wildman–Crippen MR) is 135 cm³/mol. The molecule has 0 saturated carbocycles. The van der Waals surface area contributed by atoms with Gasteiger partial charge in [-0.05, 0) is 61.0 Å². The van der Waals surface area contributed by atoms with E-state index < -0.39 is 0 Å². The summed E-state index contributed by atoms with van der Waals surface area (Å²) in [7, 11) is 4.94. The molecule has 1 aliphatic rings. The van der Waals surface area contributed by atoms with Crippen molar-refractivity contribution in [1.29, 1.82) is 5.26 Å². The number of piperidine rings is 1. The van der Waals surface area contributed by atoms with E-state index in [4.69, 9.17) is 14.2 Å². The van der Waals surface area contributed by atoms with Crippen LogP contribution in [0.25, 0.3) is 11.0 Å². The molecule has 1 aromatic carbocycles. The first-order valence-electron chi connectivity index (χ1n) is 12.0. The van der Waals surface area contributed by atoms with Crippen LogP contribution in [0.4, 0.5) is 0 Å². The van der Waals surface area contributed by atoms with Gasteiger partial charge in [-0.2, -0.15) is 5.26 Å². The van der Waals surface area contributed by atoms with Gasteiger partial charge >= 0.3 is 0 Å². The molecular formula is C27H35N5O3. The Balaban J connectivity index is 1.53. The third kappa shape index (κ3) is 5.35. The summed E-state index contributed by atoms with van der Waals surface area (Å²) in [5.41, 5.74) is 3.36. The van der Waals surface area contributed by atoms with E-state index in [0.717, 1.165) is 50.1 Å². The van der Waals surface area contributed by atoms with E-state index in [1.165, 1.54) is 11.3 Å². The number of fused-ring (bicyclic) bond motifs is 1. The second-order valence-corrected chi connectivity index (χ2v) is 10.4. The van der Waals surface area contributed by atoms with E-state index >= 15 is 0 Å². The van der Waals surface area contributed by atoms with Crippen LogP contribution in [-0.4, -0.2) is 53.9 Å². The maximum atomic E-state index is 9.29. The highest BCUT2D eigenvalue weighted by Gasteiger charge is 2.25. The van der Waals surface area contributed by atoms with Crippen LogP contribution in [0.5, 0.6) is 17.2 Å². The zero-order valence-electron chi connectivity index (χ0n) is 21.6. The van der Waals surface area contributed by atoms with Gasteiger partial charge in [-0.15, -0.1) is 0 Å². The lowest BCUT2D eigenvalue weighted by atomic mass is 9.89. The van der Waals surface area contributed by atoms with Crippen molar-refractivity contribution in [3.8, 4) is 23.3 Å². The molecule has 1 aliphatic heterocycles. The number of likely N-dealkylation sites (tertiary alicyclic amines) is 1. The average molecular weight is 478 g/mol. The highest BCUT2D eigenvalue weighted by atomic mass is 16.5. The number of rotatable bonds is 7. The van der Waals surface area contributed by atoms with Crippen molar-refractivity contribution >= 4 is 11.0 Å². The lowest BCUT2D eigenvalue weighted by Crippen LogP contribution is -2.33. The standard InChI is InChI=1S/C27H35N5O3/c1-27(2,3)17-32-21(11-20-15-29-24(14-28)30-26(20)32)16-31-9-7-18(8-10-31)19-12-22(33-4)25(35-6)23(13-19)34-5/h11-13,15,18H,7-10,16-17H2,1-6H3. The highest BCUT2D eigenvalue weighted by Crippen LogP contribution is 2.42. The second-order valence-electron chi connectivity index (χ2n) is 10.4. The SMILES string of the molecule is COc1cc(C2CCN(Cc3cc4cnc(C#N)nc4n3CC(C)(C)C)CC2)cc(OC)c1OC. The Bertz CT molecular complexity index is 1210. The van der Waals surface area contributed by atoms with Gasteiger partial charge in [0.2, 0.25) is 11.6 Å². The lowest BCUT2D eigenvalue weighted by Gasteiger charge is -2.33. The molecule has 8 heteroatoms. The molecule has 0 atom stereocenters. The van der Waals surface area contributed by atoms with E-state index in [-0.39, 0.29) is 11.2 Å². The van der Waals surface area contributed by atoms with Gasteiger partial charge in [-0.3, -0.25) is 4.90 Å². The summed E-state index contributed by atoms with van der Waals surface area (Å²) >= 11 is 0. The molecule has 0 amide bonds. The van der Waals surface area contributed by atoms with Crippen molar-refractivity contribution in [3.63, 3.8) is 0 Å². The molecule has 186 valence electrons. The van der Waals surface area contributed by atoms with Crippen LogP contribution >= 0.6 is 0 Å². The summed E-state index contributed by atoms with van der Waals surface area (Å²) in [5.74, 6) is 2.68.